The predicted molar refractivity (Wildman–Crippen MR) is 103 cm³/mol. The third-order valence-electron chi connectivity index (χ3n) is 2.80. The van der Waals surface area contributed by atoms with Crippen LogP contribution in [0.4, 0.5) is 0 Å². The van der Waals surface area contributed by atoms with Gasteiger partial charge in [0.15, 0.2) is 8.32 Å². The molecule has 26 heavy (non-hydrogen) atoms. The molecule has 1 rings (SSSR count). The van der Waals surface area contributed by atoms with Gasteiger partial charge < -0.3 is 9.53 Å². The van der Waals surface area contributed by atoms with Gasteiger partial charge in [-0.2, -0.15) is 0 Å². The summed E-state index contributed by atoms with van der Waals surface area (Å²) in [6.07, 6.45) is 3.50. The molecule has 9 nitrogen and oxygen atoms in total. The zero-order chi connectivity index (χ0) is 21.0. The second-order valence-electron chi connectivity index (χ2n) is 7.72. The Kier molecular flexibility index (Phi) is 11.8. The molecule has 0 aliphatic rings. The van der Waals surface area contributed by atoms with Crippen LogP contribution in [-0.4, -0.2) is 52.5 Å². The predicted octanol–water partition coefficient (Wildman–Crippen LogP) is 3.01. The number of rotatable bonds is 6. The minimum Gasteiger partial charge on any atom is -0.410 e. The number of nitro groups is 2. The first-order chi connectivity index (χ1) is 11.7. The molecule has 0 unspecified atom stereocenters. The zero-order valence-electron chi connectivity index (χ0n) is 16.6. The van der Waals surface area contributed by atoms with Gasteiger partial charge in [-0.25, -0.2) is 0 Å². The van der Waals surface area contributed by atoms with E-state index in [0.717, 1.165) is 0 Å². The number of aliphatic hydroxyl groups is 1. The highest BCUT2D eigenvalue weighted by Crippen LogP contribution is 2.12. The van der Waals surface area contributed by atoms with Crippen LogP contribution in [-0.2, 0) is 4.43 Å². The second-order valence-corrected chi connectivity index (χ2v) is 12.2. The lowest BCUT2D eigenvalue weighted by molar-refractivity contribution is -0.563. The van der Waals surface area contributed by atoms with E-state index in [0.29, 0.717) is 0 Å². The molecule has 0 saturated heterocycles. The van der Waals surface area contributed by atoms with Crippen LogP contribution in [0, 0.1) is 20.2 Å². The Bertz CT molecular complexity index is 506. The van der Waals surface area contributed by atoms with Crippen LogP contribution in [0.2, 0.25) is 19.6 Å². The molecule has 0 bridgehead atoms. The van der Waals surface area contributed by atoms with Crippen molar-refractivity contribution in [2.45, 2.75) is 58.4 Å². The fraction of sp³-hybridized carbons (Fsp3) is 0.688. The van der Waals surface area contributed by atoms with Gasteiger partial charge >= 0.3 is 0 Å². The Morgan fingerprint density at radius 2 is 1.38 bits per heavy atom. The van der Waals surface area contributed by atoms with Crippen LogP contribution < -0.4 is 0 Å². The van der Waals surface area contributed by atoms with Crippen molar-refractivity contribution in [1.82, 2.24) is 4.98 Å². The molecule has 0 saturated carbocycles. The molecule has 0 atom stereocenters. The minimum atomic E-state index is -1.62. The lowest BCUT2D eigenvalue weighted by atomic mass is 10.1. The Balaban J connectivity index is 0. The van der Waals surface area contributed by atoms with Crippen LogP contribution in [0.3, 0.4) is 0 Å². The second kappa shape index (κ2) is 11.7. The van der Waals surface area contributed by atoms with E-state index in [2.05, 4.69) is 4.98 Å². The van der Waals surface area contributed by atoms with E-state index in [1.165, 1.54) is 13.8 Å². The van der Waals surface area contributed by atoms with Gasteiger partial charge in [0.1, 0.15) is 13.2 Å². The molecule has 0 aliphatic carbocycles. The van der Waals surface area contributed by atoms with Gasteiger partial charge in [0.2, 0.25) is 11.1 Å². The van der Waals surface area contributed by atoms with Crippen molar-refractivity contribution in [3.8, 4) is 0 Å². The third kappa shape index (κ3) is 14.4. The molecular formula is C16H31N3O6Si. The first-order valence-corrected chi connectivity index (χ1v) is 11.5. The molecule has 150 valence electrons. The van der Waals surface area contributed by atoms with Crippen LogP contribution in [0.15, 0.2) is 30.6 Å². The Labute approximate surface area is 155 Å². The van der Waals surface area contributed by atoms with Crippen molar-refractivity contribution in [1.29, 1.82) is 0 Å². The van der Waals surface area contributed by atoms with Crippen molar-refractivity contribution in [3.63, 3.8) is 0 Å². The van der Waals surface area contributed by atoms with Crippen molar-refractivity contribution in [3.05, 3.63) is 50.8 Å². The maximum Gasteiger partial charge on any atom is 0.239 e. The van der Waals surface area contributed by atoms with Crippen LogP contribution in [0.1, 0.15) is 27.7 Å². The Morgan fingerprint density at radius 1 is 0.962 bits per heavy atom. The fourth-order valence-electron chi connectivity index (χ4n) is 0.816. The summed E-state index contributed by atoms with van der Waals surface area (Å²) in [6, 6.07) is 5.72. The first-order valence-electron chi connectivity index (χ1n) is 8.04. The van der Waals surface area contributed by atoms with Gasteiger partial charge in [-0.15, -0.1) is 0 Å². The maximum atomic E-state index is 10.5. The topological polar surface area (TPSA) is 129 Å². The molecule has 0 aromatic carbocycles. The van der Waals surface area contributed by atoms with Gasteiger partial charge in [-0.05, 0) is 31.8 Å². The molecule has 1 aromatic heterocycles. The number of aliphatic hydroxyl groups excluding tert-OH is 1. The zero-order valence-corrected chi connectivity index (χ0v) is 17.6. The van der Waals surface area contributed by atoms with Crippen LogP contribution in [0.5, 0.6) is 0 Å². The average Bonchev–Trinajstić information content (AvgIpc) is 2.55. The van der Waals surface area contributed by atoms with Gasteiger partial charge in [0, 0.05) is 49.9 Å². The van der Waals surface area contributed by atoms with Gasteiger partial charge in [-0.1, -0.05) is 6.07 Å². The molecule has 1 heterocycles. The highest BCUT2D eigenvalue weighted by molar-refractivity contribution is 6.69. The van der Waals surface area contributed by atoms with Gasteiger partial charge in [0.05, 0.1) is 0 Å². The van der Waals surface area contributed by atoms with Crippen molar-refractivity contribution in [2.24, 2.45) is 0 Å². The molecular weight excluding hydrogens is 358 g/mol. The minimum absolute atomic E-state index is 0.204. The van der Waals surface area contributed by atoms with Crippen molar-refractivity contribution < 1.29 is 19.4 Å². The number of hydrogen-bond acceptors (Lipinski definition) is 7. The van der Waals surface area contributed by atoms with Gasteiger partial charge in [0.25, 0.3) is 0 Å². The molecule has 0 fully saturated rings. The molecule has 0 radical (unpaired) electrons. The molecule has 1 aromatic rings. The van der Waals surface area contributed by atoms with E-state index < -0.39 is 30.9 Å². The van der Waals surface area contributed by atoms with Gasteiger partial charge in [-0.3, -0.25) is 25.2 Å². The maximum absolute atomic E-state index is 10.5. The Morgan fingerprint density at radius 3 is 1.54 bits per heavy atom. The summed E-state index contributed by atoms with van der Waals surface area (Å²) in [5.74, 6) is 0. The van der Waals surface area contributed by atoms with E-state index in [4.69, 9.17) is 9.53 Å². The van der Waals surface area contributed by atoms with Crippen LogP contribution in [0.25, 0.3) is 0 Å². The summed E-state index contributed by atoms with van der Waals surface area (Å²) in [6.45, 7) is 11.7. The van der Waals surface area contributed by atoms with E-state index in [9.17, 15) is 20.2 Å². The smallest absolute Gasteiger partial charge is 0.239 e. The number of nitrogens with zero attached hydrogens (tertiary/aromatic N) is 3. The quantitative estimate of drug-likeness (QED) is 0.450. The van der Waals surface area contributed by atoms with Crippen LogP contribution >= 0.6 is 0 Å². The number of pyridine rings is 1. The SMILES string of the molecule is CC(C)(CO)[N+](=O)[O-].CC(C)(CO[Si](C)(C)C)[N+](=O)[O-].c1ccncc1. The lowest BCUT2D eigenvalue weighted by Gasteiger charge is -2.22. The van der Waals surface area contributed by atoms with E-state index in [1.54, 1.807) is 26.2 Å². The molecule has 1 N–H and O–H groups in total. The summed E-state index contributed by atoms with van der Waals surface area (Å²) < 4.78 is 5.45. The lowest BCUT2D eigenvalue weighted by Crippen LogP contribution is -2.41. The summed E-state index contributed by atoms with van der Waals surface area (Å²) in [5, 5.41) is 28.7. The summed E-state index contributed by atoms with van der Waals surface area (Å²) in [4.78, 5) is 23.4. The monoisotopic (exact) mass is 389 g/mol. The summed E-state index contributed by atoms with van der Waals surface area (Å²) in [7, 11) is -1.62. The highest BCUT2D eigenvalue weighted by Gasteiger charge is 2.33. The fourth-order valence-corrected chi connectivity index (χ4v) is 1.60. The molecule has 0 amide bonds. The summed E-state index contributed by atoms with van der Waals surface area (Å²) in [5.41, 5.74) is -2.14. The van der Waals surface area contributed by atoms with Crippen molar-refractivity contribution >= 4 is 8.32 Å². The van der Waals surface area contributed by atoms with E-state index in [-0.39, 0.29) is 11.5 Å². The Hall–Kier alpha value is -1.91. The highest BCUT2D eigenvalue weighted by atomic mass is 28.4. The normalized spacial score (nSPS) is 11.4. The number of aromatic nitrogens is 1. The standard InChI is InChI=1S/C7H17NO3Si.C5H5N.C4H9NO3/c1-7(2,8(9)10)6-11-12(3,4)5;1-2-4-6-5-3-1;1-4(2,3-6)5(7)8/h6H2,1-5H3;1-5H;6H,3H2,1-2H3. The van der Waals surface area contributed by atoms with Crippen molar-refractivity contribution in [2.75, 3.05) is 13.2 Å². The largest absolute Gasteiger partial charge is 0.410 e. The van der Waals surface area contributed by atoms with E-state index in [1.807, 2.05) is 37.8 Å². The molecule has 0 spiro atoms. The molecule has 0 aliphatic heterocycles. The summed E-state index contributed by atoms with van der Waals surface area (Å²) >= 11 is 0. The van der Waals surface area contributed by atoms with E-state index >= 15 is 0 Å². The first kappa shape index (κ1) is 26.3. The molecule has 10 heteroatoms. The number of hydrogen-bond donors (Lipinski definition) is 1. The average molecular weight is 390 g/mol. The third-order valence-corrected chi connectivity index (χ3v) is 3.81.